The molecule has 1 aliphatic heterocycles. The third-order valence-corrected chi connectivity index (χ3v) is 4.18. The molecular weight excluding hydrogens is 309 g/mol. The zero-order valence-electron chi connectivity index (χ0n) is 12.9. The van der Waals surface area contributed by atoms with Crippen LogP contribution in [0.1, 0.15) is 34.6 Å². The monoisotopic (exact) mass is 326 g/mol. The Morgan fingerprint density at radius 3 is 2.78 bits per heavy atom. The van der Waals surface area contributed by atoms with Crippen molar-refractivity contribution in [2.45, 2.75) is 32.9 Å². The first kappa shape index (κ1) is 15.8. The van der Waals surface area contributed by atoms with Gasteiger partial charge in [-0.1, -0.05) is 0 Å². The maximum absolute atomic E-state index is 12.9. The molecule has 0 spiro atoms. The molecule has 1 amide bonds. The van der Waals surface area contributed by atoms with Crippen molar-refractivity contribution in [2.24, 2.45) is 5.92 Å². The largest absolute Gasteiger partial charge is 0.393 e. The molecule has 5 nitrogen and oxygen atoms in total. The summed E-state index contributed by atoms with van der Waals surface area (Å²) >= 11 is 0. The molecule has 3 heterocycles. The molecule has 0 aromatic carbocycles. The van der Waals surface area contributed by atoms with E-state index in [0.717, 1.165) is 11.4 Å². The van der Waals surface area contributed by atoms with Gasteiger partial charge in [-0.15, -0.1) is 0 Å². The molecule has 0 aliphatic carbocycles. The van der Waals surface area contributed by atoms with Gasteiger partial charge >= 0.3 is 6.18 Å². The molecule has 2 aromatic heterocycles. The van der Waals surface area contributed by atoms with E-state index in [0.29, 0.717) is 18.6 Å². The molecular formula is C15H17F3N4O. The van der Waals surface area contributed by atoms with Crippen LogP contribution in [-0.4, -0.2) is 44.7 Å². The molecule has 0 N–H and O–H groups in total. The highest BCUT2D eigenvalue weighted by Crippen LogP contribution is 2.33. The smallest absolute Gasteiger partial charge is 0.338 e. The molecule has 3 rings (SSSR count). The predicted molar refractivity (Wildman–Crippen MR) is 77.1 cm³/mol. The lowest BCUT2D eigenvalue weighted by Gasteiger charge is -2.33. The predicted octanol–water partition coefficient (Wildman–Crippen LogP) is 2.76. The number of halogens is 3. The number of alkyl halides is 3. The normalized spacial score (nSPS) is 19.3. The Morgan fingerprint density at radius 2 is 2.09 bits per heavy atom. The number of amides is 1. The number of aromatic nitrogens is 3. The molecule has 8 heteroatoms. The van der Waals surface area contributed by atoms with E-state index < -0.39 is 18.0 Å². The molecule has 23 heavy (non-hydrogen) atoms. The Balaban J connectivity index is 1.92. The standard InChI is InChI=1S/C15H17F3N4O/c1-9-6-10(2)22-13(20-9)12(7-19-22)14(23)21-5-3-4-11(8-21)15(16,17)18/h6-7,11H,3-5,8H2,1-2H3/t11-/m1/s1. The second kappa shape index (κ2) is 5.50. The van der Waals surface area contributed by atoms with Crippen molar-refractivity contribution in [3.8, 4) is 0 Å². The molecule has 2 aromatic rings. The highest BCUT2D eigenvalue weighted by molar-refractivity contribution is 5.99. The van der Waals surface area contributed by atoms with Crippen LogP contribution in [0.15, 0.2) is 12.3 Å². The number of carbonyl (C=O) groups is 1. The Hall–Kier alpha value is -2.12. The van der Waals surface area contributed by atoms with Gasteiger partial charge in [-0.3, -0.25) is 4.79 Å². The Labute approximate surface area is 131 Å². The topological polar surface area (TPSA) is 50.5 Å². The fourth-order valence-electron chi connectivity index (χ4n) is 3.02. The molecule has 0 saturated carbocycles. The van der Waals surface area contributed by atoms with Crippen molar-refractivity contribution < 1.29 is 18.0 Å². The summed E-state index contributed by atoms with van der Waals surface area (Å²) in [7, 11) is 0. The highest BCUT2D eigenvalue weighted by atomic mass is 19.4. The second-order valence-electron chi connectivity index (χ2n) is 5.96. The van der Waals surface area contributed by atoms with Crippen molar-refractivity contribution in [1.82, 2.24) is 19.5 Å². The van der Waals surface area contributed by atoms with Crippen LogP contribution in [0.3, 0.4) is 0 Å². The first-order valence-corrected chi connectivity index (χ1v) is 7.45. The Morgan fingerprint density at radius 1 is 1.35 bits per heavy atom. The van der Waals surface area contributed by atoms with Crippen LogP contribution in [0.25, 0.3) is 5.65 Å². The van der Waals surface area contributed by atoms with Crippen molar-refractivity contribution in [3.63, 3.8) is 0 Å². The SMILES string of the molecule is Cc1cc(C)n2ncc(C(=O)N3CCC[C@@H](C(F)(F)F)C3)c2n1. The molecule has 0 unspecified atom stereocenters. The lowest BCUT2D eigenvalue weighted by atomic mass is 9.97. The van der Waals surface area contributed by atoms with Crippen molar-refractivity contribution in [2.75, 3.05) is 13.1 Å². The number of hydrogen-bond acceptors (Lipinski definition) is 3. The third-order valence-electron chi connectivity index (χ3n) is 4.18. The average molecular weight is 326 g/mol. The molecule has 1 atom stereocenters. The molecule has 1 aliphatic rings. The minimum Gasteiger partial charge on any atom is -0.338 e. The van der Waals surface area contributed by atoms with Gasteiger partial charge in [0.1, 0.15) is 5.56 Å². The van der Waals surface area contributed by atoms with E-state index in [2.05, 4.69) is 10.1 Å². The number of fused-ring (bicyclic) bond motifs is 1. The van der Waals surface area contributed by atoms with Crippen LogP contribution in [0.4, 0.5) is 13.2 Å². The third kappa shape index (κ3) is 2.89. The van der Waals surface area contributed by atoms with Gasteiger partial charge in [-0.05, 0) is 32.8 Å². The Bertz CT molecular complexity index is 753. The van der Waals surface area contributed by atoms with Gasteiger partial charge in [0.2, 0.25) is 0 Å². The summed E-state index contributed by atoms with van der Waals surface area (Å²) in [5.41, 5.74) is 2.19. The van der Waals surface area contributed by atoms with E-state index in [9.17, 15) is 18.0 Å². The number of rotatable bonds is 1. The van der Waals surface area contributed by atoms with Gasteiger partial charge in [-0.2, -0.15) is 18.3 Å². The summed E-state index contributed by atoms with van der Waals surface area (Å²) in [6, 6.07) is 1.83. The van der Waals surface area contributed by atoms with Crippen LogP contribution in [0, 0.1) is 19.8 Å². The van der Waals surface area contributed by atoms with E-state index in [1.807, 2.05) is 13.0 Å². The van der Waals surface area contributed by atoms with E-state index in [4.69, 9.17) is 0 Å². The summed E-state index contributed by atoms with van der Waals surface area (Å²) in [6.07, 6.45) is -2.47. The first-order valence-electron chi connectivity index (χ1n) is 7.45. The van der Waals surface area contributed by atoms with Crippen LogP contribution < -0.4 is 0 Å². The second-order valence-corrected chi connectivity index (χ2v) is 5.96. The van der Waals surface area contributed by atoms with E-state index in [1.54, 1.807) is 6.92 Å². The van der Waals surface area contributed by atoms with Crippen molar-refractivity contribution in [3.05, 3.63) is 29.2 Å². The fraction of sp³-hybridized carbons (Fsp3) is 0.533. The van der Waals surface area contributed by atoms with Crippen molar-refractivity contribution in [1.29, 1.82) is 0 Å². The number of carbonyl (C=O) groups excluding carboxylic acids is 1. The summed E-state index contributed by atoms with van der Waals surface area (Å²) < 4.78 is 40.3. The fourth-order valence-corrected chi connectivity index (χ4v) is 3.02. The molecule has 0 radical (unpaired) electrons. The van der Waals surface area contributed by atoms with Gasteiger partial charge in [-0.25, -0.2) is 9.50 Å². The summed E-state index contributed by atoms with van der Waals surface area (Å²) in [6.45, 7) is 3.66. The van der Waals surface area contributed by atoms with E-state index in [-0.39, 0.29) is 18.5 Å². The van der Waals surface area contributed by atoms with E-state index >= 15 is 0 Å². The van der Waals surface area contributed by atoms with Gasteiger partial charge in [0, 0.05) is 24.5 Å². The van der Waals surface area contributed by atoms with Gasteiger partial charge in [0.05, 0.1) is 12.1 Å². The van der Waals surface area contributed by atoms with Crippen LogP contribution in [-0.2, 0) is 0 Å². The average Bonchev–Trinajstić information content (AvgIpc) is 2.89. The molecule has 1 saturated heterocycles. The quantitative estimate of drug-likeness (QED) is 0.810. The number of hydrogen-bond donors (Lipinski definition) is 0. The number of nitrogens with zero attached hydrogens (tertiary/aromatic N) is 4. The minimum atomic E-state index is -4.27. The van der Waals surface area contributed by atoms with E-state index in [1.165, 1.54) is 15.6 Å². The highest BCUT2D eigenvalue weighted by Gasteiger charge is 2.43. The lowest BCUT2D eigenvalue weighted by molar-refractivity contribution is -0.184. The van der Waals surface area contributed by atoms with Crippen LogP contribution in [0.5, 0.6) is 0 Å². The molecule has 1 fully saturated rings. The zero-order valence-corrected chi connectivity index (χ0v) is 12.9. The van der Waals surface area contributed by atoms with Crippen LogP contribution >= 0.6 is 0 Å². The van der Waals surface area contributed by atoms with Crippen molar-refractivity contribution >= 4 is 11.6 Å². The van der Waals surface area contributed by atoms with Crippen LogP contribution in [0.2, 0.25) is 0 Å². The molecule has 124 valence electrons. The number of aryl methyl sites for hydroxylation is 2. The van der Waals surface area contributed by atoms with Gasteiger partial charge < -0.3 is 4.90 Å². The minimum absolute atomic E-state index is 0.0680. The summed E-state index contributed by atoms with van der Waals surface area (Å²) in [5, 5.41) is 4.13. The lowest BCUT2D eigenvalue weighted by Crippen LogP contribution is -2.44. The molecule has 0 bridgehead atoms. The summed E-state index contributed by atoms with van der Waals surface area (Å²) in [4.78, 5) is 18.2. The maximum Gasteiger partial charge on any atom is 0.393 e. The number of likely N-dealkylation sites (tertiary alicyclic amines) is 1. The maximum atomic E-state index is 12.9. The summed E-state index contributed by atoms with van der Waals surface area (Å²) in [5.74, 6) is -1.90. The Kier molecular flexibility index (Phi) is 3.77. The first-order chi connectivity index (χ1) is 10.8. The zero-order chi connectivity index (χ0) is 16.8. The number of piperidine rings is 1. The van der Waals surface area contributed by atoms with Gasteiger partial charge in [0.25, 0.3) is 5.91 Å². The van der Waals surface area contributed by atoms with Gasteiger partial charge in [0.15, 0.2) is 5.65 Å².